The minimum atomic E-state index is -3.02. The van der Waals surface area contributed by atoms with Crippen molar-refractivity contribution in [2.75, 3.05) is 51.3 Å². The van der Waals surface area contributed by atoms with Gasteiger partial charge in [-0.25, -0.2) is 13.2 Å². The summed E-state index contributed by atoms with van der Waals surface area (Å²) in [4.78, 5) is 26.1. The first-order chi connectivity index (χ1) is 23.0. The van der Waals surface area contributed by atoms with Crippen LogP contribution < -0.4 is 4.74 Å². The maximum Gasteiger partial charge on any atom is 0.326 e. The Hall–Kier alpha value is -3.11. The second-order valence-electron chi connectivity index (χ2n) is 14.2. The molecular formula is C38H50Cl2N4O4S. The zero-order valence-corrected chi connectivity index (χ0v) is 32.1. The Morgan fingerprint density at radius 1 is 0.878 bits per heavy atom. The smallest absolute Gasteiger partial charge is 0.326 e. The molecule has 1 fully saturated rings. The fourth-order valence-electron chi connectivity index (χ4n) is 5.92. The molecule has 8 nitrogen and oxygen atoms in total. The summed E-state index contributed by atoms with van der Waals surface area (Å²) in [6, 6.07) is 21.1. The van der Waals surface area contributed by atoms with Crippen LogP contribution in [0.1, 0.15) is 70.2 Å². The predicted octanol–water partition coefficient (Wildman–Crippen LogP) is 8.05. The molecule has 0 spiro atoms. The van der Waals surface area contributed by atoms with Crippen LogP contribution in [0, 0.1) is 0 Å². The molecule has 0 aliphatic carbocycles. The van der Waals surface area contributed by atoms with Crippen molar-refractivity contribution in [3.05, 3.63) is 99.0 Å². The van der Waals surface area contributed by atoms with Gasteiger partial charge in [-0.2, -0.15) is 0 Å². The lowest BCUT2D eigenvalue weighted by Gasteiger charge is -2.44. The molecule has 0 aromatic heterocycles. The number of carbonyl (C=O) groups excluding carboxylic acids is 1. The van der Waals surface area contributed by atoms with Gasteiger partial charge in [-0.1, -0.05) is 74.3 Å². The fourth-order valence-corrected chi connectivity index (χ4v) is 6.82. The number of piperazine rings is 1. The largest absolute Gasteiger partial charge is 0.493 e. The molecule has 1 saturated heterocycles. The molecule has 0 N–H and O–H groups in total. The number of ether oxygens (including phenoxy) is 1. The van der Waals surface area contributed by atoms with Crippen LogP contribution in [0.5, 0.6) is 5.75 Å². The van der Waals surface area contributed by atoms with E-state index >= 15 is 0 Å². The van der Waals surface area contributed by atoms with E-state index in [4.69, 9.17) is 32.9 Å². The number of amides is 2. The Morgan fingerprint density at radius 2 is 1.45 bits per heavy atom. The summed E-state index contributed by atoms with van der Waals surface area (Å²) in [7, 11) is -3.02. The topological polar surface area (TPSA) is 82.5 Å². The molecule has 3 aromatic rings. The third-order valence-corrected chi connectivity index (χ3v) is 10.4. The first-order valence-corrected chi connectivity index (χ1v) is 19.6. The average molecular weight is 730 g/mol. The number of sulfone groups is 1. The normalized spacial score (nSPS) is 15.0. The number of amidine groups is 1. The van der Waals surface area contributed by atoms with Crippen LogP contribution in [0.4, 0.5) is 4.79 Å². The Balaban J connectivity index is 1.83. The molecule has 266 valence electrons. The Morgan fingerprint density at radius 3 is 2.00 bits per heavy atom. The van der Waals surface area contributed by atoms with Gasteiger partial charge >= 0.3 is 6.03 Å². The number of carbonyl (C=O) groups is 1. The summed E-state index contributed by atoms with van der Waals surface area (Å²) < 4.78 is 29.7. The summed E-state index contributed by atoms with van der Waals surface area (Å²) in [5, 5.41) is 1.25. The predicted molar refractivity (Wildman–Crippen MR) is 202 cm³/mol. The molecule has 0 unspecified atom stereocenters. The van der Waals surface area contributed by atoms with E-state index in [0.29, 0.717) is 73.9 Å². The van der Waals surface area contributed by atoms with Gasteiger partial charge in [-0.05, 0) is 92.2 Å². The number of benzene rings is 3. The molecular weight excluding hydrogens is 679 g/mol. The zero-order chi connectivity index (χ0) is 36.0. The molecule has 1 aliphatic heterocycles. The Kier molecular flexibility index (Phi) is 12.9. The highest BCUT2D eigenvalue weighted by atomic mass is 35.5. The summed E-state index contributed by atoms with van der Waals surface area (Å²) >= 11 is 12.5. The van der Waals surface area contributed by atoms with Crippen LogP contribution in [0.15, 0.2) is 71.7 Å². The van der Waals surface area contributed by atoms with Crippen molar-refractivity contribution >= 4 is 44.9 Å². The van der Waals surface area contributed by atoms with Crippen LogP contribution in [0.2, 0.25) is 10.0 Å². The van der Waals surface area contributed by atoms with Crippen LogP contribution in [0.3, 0.4) is 0 Å². The SMILES string of the molecule is CCOc1cc(C(C)(C)C)ccc1C(=NCc1ccc(Cl)cc1)N(C(=O)N1CCN(CCCS(C)(=O)=O)CC1)C(C)(C)c1ccc(Cl)cc1. The van der Waals surface area contributed by atoms with Crippen LogP contribution >= 0.6 is 23.2 Å². The van der Waals surface area contributed by atoms with Crippen LogP contribution in [-0.4, -0.2) is 86.3 Å². The summed E-state index contributed by atoms with van der Waals surface area (Å²) in [6.45, 7) is 16.2. The lowest BCUT2D eigenvalue weighted by Crippen LogP contribution is -2.58. The van der Waals surface area contributed by atoms with Crippen molar-refractivity contribution in [2.24, 2.45) is 4.99 Å². The van der Waals surface area contributed by atoms with Crippen molar-refractivity contribution in [3.8, 4) is 5.75 Å². The lowest BCUT2D eigenvalue weighted by atomic mass is 9.86. The minimum Gasteiger partial charge on any atom is -0.493 e. The van der Waals surface area contributed by atoms with Gasteiger partial charge in [-0.15, -0.1) is 0 Å². The molecule has 11 heteroatoms. The molecule has 49 heavy (non-hydrogen) atoms. The molecule has 0 bridgehead atoms. The summed E-state index contributed by atoms with van der Waals surface area (Å²) in [5.41, 5.74) is 2.69. The number of halogens is 2. The molecule has 1 heterocycles. The number of hydrogen-bond acceptors (Lipinski definition) is 6. The highest BCUT2D eigenvalue weighted by Crippen LogP contribution is 2.36. The fraction of sp³-hybridized carbons (Fsp3) is 0.474. The number of nitrogens with zero attached hydrogens (tertiary/aromatic N) is 4. The maximum absolute atomic E-state index is 15.0. The highest BCUT2D eigenvalue weighted by molar-refractivity contribution is 7.90. The number of hydrogen-bond donors (Lipinski definition) is 0. The average Bonchev–Trinajstić information content (AvgIpc) is 3.03. The van der Waals surface area contributed by atoms with Gasteiger partial charge in [0, 0.05) is 42.5 Å². The van der Waals surface area contributed by atoms with E-state index in [1.807, 2.05) is 80.3 Å². The minimum absolute atomic E-state index is 0.121. The first-order valence-electron chi connectivity index (χ1n) is 16.8. The van der Waals surface area contributed by atoms with E-state index < -0.39 is 15.4 Å². The van der Waals surface area contributed by atoms with E-state index in [9.17, 15) is 13.2 Å². The second-order valence-corrected chi connectivity index (χ2v) is 17.3. The van der Waals surface area contributed by atoms with Gasteiger partial charge in [0.1, 0.15) is 21.4 Å². The third-order valence-electron chi connectivity index (χ3n) is 8.86. The molecule has 0 saturated carbocycles. The van der Waals surface area contributed by atoms with Crippen molar-refractivity contribution in [2.45, 2.75) is 65.5 Å². The van der Waals surface area contributed by atoms with E-state index in [-0.39, 0.29) is 17.2 Å². The van der Waals surface area contributed by atoms with E-state index in [0.717, 1.165) is 22.3 Å². The van der Waals surface area contributed by atoms with Gasteiger partial charge in [-0.3, -0.25) is 14.8 Å². The molecule has 3 aromatic carbocycles. The first kappa shape index (κ1) is 38.7. The van der Waals surface area contributed by atoms with Crippen molar-refractivity contribution in [1.82, 2.24) is 14.7 Å². The monoisotopic (exact) mass is 728 g/mol. The number of urea groups is 1. The van der Waals surface area contributed by atoms with Crippen molar-refractivity contribution < 1.29 is 17.9 Å². The van der Waals surface area contributed by atoms with E-state index in [1.165, 1.54) is 6.26 Å². The Bertz CT molecular complexity index is 1710. The summed E-state index contributed by atoms with van der Waals surface area (Å²) in [6.07, 6.45) is 1.83. The highest BCUT2D eigenvalue weighted by Gasteiger charge is 2.41. The van der Waals surface area contributed by atoms with E-state index in [2.05, 4.69) is 37.8 Å². The van der Waals surface area contributed by atoms with Crippen LogP contribution in [0.25, 0.3) is 0 Å². The van der Waals surface area contributed by atoms with Gasteiger partial charge in [0.2, 0.25) is 0 Å². The Labute approximate surface area is 303 Å². The molecule has 4 rings (SSSR count). The van der Waals surface area contributed by atoms with Crippen molar-refractivity contribution in [3.63, 3.8) is 0 Å². The molecule has 0 atom stereocenters. The molecule has 2 amide bonds. The van der Waals surface area contributed by atoms with Gasteiger partial charge in [0.05, 0.1) is 30.0 Å². The van der Waals surface area contributed by atoms with Gasteiger partial charge in [0.15, 0.2) is 0 Å². The van der Waals surface area contributed by atoms with E-state index in [1.54, 1.807) is 4.90 Å². The third kappa shape index (κ3) is 10.5. The molecule has 0 radical (unpaired) electrons. The molecule has 1 aliphatic rings. The van der Waals surface area contributed by atoms with Gasteiger partial charge < -0.3 is 9.64 Å². The lowest BCUT2D eigenvalue weighted by molar-refractivity contribution is 0.107. The quantitative estimate of drug-likeness (QED) is 0.147. The van der Waals surface area contributed by atoms with Crippen molar-refractivity contribution in [1.29, 1.82) is 0 Å². The summed E-state index contributed by atoms with van der Waals surface area (Å²) in [5.74, 6) is 1.31. The number of aliphatic imine (C=N–C) groups is 1. The van der Waals surface area contributed by atoms with Gasteiger partial charge in [0.25, 0.3) is 0 Å². The van der Waals surface area contributed by atoms with Crippen LogP contribution in [-0.2, 0) is 27.3 Å². The number of rotatable bonds is 11. The second kappa shape index (κ2) is 16.3. The standard InChI is InChI=1S/C38H50Cl2N4O4S/c1-8-48-34-26-30(37(2,3)4)14-19-33(34)35(41-27-28-10-15-31(39)16-11-28)44(38(5,6)29-12-17-32(40)18-13-29)36(45)43-23-21-42(22-24-43)20-9-25-49(7,46)47/h10-19,26H,8-9,20-25,27H2,1-7H3. The maximum atomic E-state index is 15.0. The zero-order valence-electron chi connectivity index (χ0n) is 29.8.